The fourth-order valence-electron chi connectivity index (χ4n) is 2.77. The van der Waals surface area contributed by atoms with Gasteiger partial charge in [0, 0.05) is 31.9 Å². The Kier molecular flexibility index (Phi) is 5.05. The second-order valence-corrected chi connectivity index (χ2v) is 6.01. The average Bonchev–Trinajstić information content (AvgIpc) is 2.63. The number of anilines is 2. The van der Waals surface area contributed by atoms with Crippen molar-refractivity contribution in [2.45, 2.75) is 13.3 Å². The summed E-state index contributed by atoms with van der Waals surface area (Å²) in [6, 6.07) is 7.80. The summed E-state index contributed by atoms with van der Waals surface area (Å²) in [5.74, 6) is 0.599. The number of amides is 1. The van der Waals surface area contributed by atoms with Crippen LogP contribution >= 0.6 is 0 Å². The molecule has 24 heavy (non-hydrogen) atoms. The maximum Gasteiger partial charge on any atom is 0.275 e. The predicted molar refractivity (Wildman–Crippen MR) is 95.5 cm³/mol. The summed E-state index contributed by atoms with van der Waals surface area (Å²) >= 11 is 0. The van der Waals surface area contributed by atoms with Crippen LogP contribution < -0.4 is 10.2 Å². The van der Waals surface area contributed by atoms with Crippen molar-refractivity contribution < 1.29 is 4.79 Å². The smallest absolute Gasteiger partial charge is 0.275 e. The quantitative estimate of drug-likeness (QED) is 0.932. The second kappa shape index (κ2) is 7.40. The van der Waals surface area contributed by atoms with E-state index in [0.29, 0.717) is 5.69 Å². The fourth-order valence-corrected chi connectivity index (χ4v) is 2.77. The van der Waals surface area contributed by atoms with E-state index in [1.165, 1.54) is 0 Å². The summed E-state index contributed by atoms with van der Waals surface area (Å²) in [5.41, 5.74) is 2.27. The topological polar surface area (TPSA) is 61.4 Å². The Balaban J connectivity index is 1.68. The number of aryl methyl sites for hydroxylation is 1. The van der Waals surface area contributed by atoms with Gasteiger partial charge in [-0.3, -0.25) is 4.79 Å². The first-order chi connectivity index (χ1) is 11.7. The van der Waals surface area contributed by atoms with E-state index in [-0.39, 0.29) is 5.91 Å². The molecule has 0 radical (unpaired) electrons. The molecular weight excluding hydrogens is 302 g/mol. The average molecular weight is 325 g/mol. The van der Waals surface area contributed by atoms with E-state index in [4.69, 9.17) is 0 Å². The Hall–Kier alpha value is -2.47. The molecule has 2 aromatic rings. The molecule has 0 aliphatic carbocycles. The number of hydrogen-bond acceptors (Lipinski definition) is 5. The number of rotatable bonds is 4. The number of nitrogens with one attached hydrogen (secondary N) is 1. The standard InChI is InChI=1S/C18H23N5O/c1-3-14-6-4-5-7-15(14)21-18(24)16-12-20-17(13-19-16)23-10-8-22(2)9-11-23/h4-7,12-13H,3,8-11H2,1-2H3,(H,21,24). The number of nitrogens with zero attached hydrogens (tertiary/aromatic N) is 4. The third-order valence-electron chi connectivity index (χ3n) is 4.34. The lowest BCUT2D eigenvalue weighted by atomic mass is 10.1. The Labute approximate surface area is 142 Å². The summed E-state index contributed by atoms with van der Waals surface area (Å²) < 4.78 is 0. The Morgan fingerprint density at radius 3 is 2.54 bits per heavy atom. The molecule has 6 heteroatoms. The number of carbonyl (C=O) groups is 1. The zero-order valence-electron chi connectivity index (χ0n) is 14.2. The first-order valence-corrected chi connectivity index (χ1v) is 8.32. The van der Waals surface area contributed by atoms with E-state index in [0.717, 1.165) is 49.7 Å². The van der Waals surface area contributed by atoms with E-state index in [1.807, 2.05) is 24.3 Å². The summed E-state index contributed by atoms with van der Waals surface area (Å²) in [6.45, 7) is 5.95. The minimum Gasteiger partial charge on any atom is -0.353 e. The number of aromatic nitrogens is 2. The van der Waals surface area contributed by atoms with Crippen LogP contribution in [0.15, 0.2) is 36.7 Å². The summed E-state index contributed by atoms with van der Waals surface area (Å²) in [5, 5.41) is 2.92. The van der Waals surface area contributed by atoms with Crippen molar-refractivity contribution in [1.29, 1.82) is 0 Å². The number of para-hydroxylation sites is 1. The van der Waals surface area contributed by atoms with Crippen molar-refractivity contribution in [3.8, 4) is 0 Å². The van der Waals surface area contributed by atoms with Gasteiger partial charge in [0.15, 0.2) is 0 Å². The van der Waals surface area contributed by atoms with Crippen LogP contribution in [0.3, 0.4) is 0 Å². The van der Waals surface area contributed by atoms with Crippen molar-refractivity contribution in [3.63, 3.8) is 0 Å². The normalized spacial score (nSPS) is 15.3. The highest BCUT2D eigenvalue weighted by Gasteiger charge is 2.16. The first-order valence-electron chi connectivity index (χ1n) is 8.32. The molecule has 0 saturated carbocycles. The predicted octanol–water partition coefficient (Wildman–Crippen LogP) is 2.04. The molecule has 2 heterocycles. The van der Waals surface area contributed by atoms with Gasteiger partial charge in [-0.05, 0) is 25.1 Å². The SMILES string of the molecule is CCc1ccccc1NC(=O)c1cnc(N2CCN(C)CC2)cn1. The van der Waals surface area contributed by atoms with Gasteiger partial charge in [-0.25, -0.2) is 9.97 Å². The van der Waals surface area contributed by atoms with Gasteiger partial charge in [-0.15, -0.1) is 0 Å². The molecule has 1 amide bonds. The van der Waals surface area contributed by atoms with Gasteiger partial charge < -0.3 is 15.1 Å². The zero-order chi connectivity index (χ0) is 16.9. The van der Waals surface area contributed by atoms with E-state index in [9.17, 15) is 4.79 Å². The first kappa shape index (κ1) is 16.4. The largest absolute Gasteiger partial charge is 0.353 e. The van der Waals surface area contributed by atoms with Crippen LogP contribution in [0.5, 0.6) is 0 Å². The minimum absolute atomic E-state index is 0.228. The monoisotopic (exact) mass is 325 g/mol. The number of piperazine rings is 1. The molecule has 1 aliphatic rings. The number of carbonyl (C=O) groups excluding carboxylic acids is 1. The van der Waals surface area contributed by atoms with Gasteiger partial charge in [0.25, 0.3) is 5.91 Å². The summed E-state index contributed by atoms with van der Waals surface area (Å²) in [4.78, 5) is 25.6. The number of hydrogen-bond donors (Lipinski definition) is 1. The lowest BCUT2D eigenvalue weighted by Crippen LogP contribution is -2.44. The molecule has 0 atom stereocenters. The highest BCUT2D eigenvalue weighted by molar-refractivity contribution is 6.03. The highest BCUT2D eigenvalue weighted by atomic mass is 16.1. The Morgan fingerprint density at radius 2 is 1.88 bits per heavy atom. The fraction of sp³-hybridized carbons (Fsp3) is 0.389. The van der Waals surface area contributed by atoms with E-state index >= 15 is 0 Å². The Bertz CT molecular complexity index is 693. The molecule has 0 spiro atoms. The molecule has 1 aromatic heterocycles. The van der Waals surface area contributed by atoms with Gasteiger partial charge in [0.05, 0.1) is 12.4 Å². The third-order valence-corrected chi connectivity index (χ3v) is 4.34. The van der Waals surface area contributed by atoms with Crippen LogP contribution in [0.1, 0.15) is 23.0 Å². The van der Waals surface area contributed by atoms with E-state index in [1.54, 1.807) is 12.4 Å². The van der Waals surface area contributed by atoms with E-state index < -0.39 is 0 Å². The van der Waals surface area contributed by atoms with Crippen molar-refractivity contribution in [2.75, 3.05) is 43.4 Å². The summed E-state index contributed by atoms with van der Waals surface area (Å²) in [6.07, 6.45) is 4.11. The zero-order valence-corrected chi connectivity index (χ0v) is 14.2. The summed E-state index contributed by atoms with van der Waals surface area (Å²) in [7, 11) is 2.12. The molecule has 1 fully saturated rings. The lowest BCUT2D eigenvalue weighted by molar-refractivity contribution is 0.102. The van der Waals surface area contributed by atoms with Crippen LogP contribution in [-0.2, 0) is 6.42 Å². The van der Waals surface area contributed by atoms with Crippen molar-refractivity contribution in [2.24, 2.45) is 0 Å². The molecule has 0 unspecified atom stereocenters. The van der Waals surface area contributed by atoms with Gasteiger partial charge in [0.2, 0.25) is 0 Å². The molecular formula is C18H23N5O. The van der Waals surface area contributed by atoms with Crippen molar-refractivity contribution in [1.82, 2.24) is 14.9 Å². The molecule has 6 nitrogen and oxygen atoms in total. The van der Waals surface area contributed by atoms with Crippen LogP contribution in [0.2, 0.25) is 0 Å². The second-order valence-electron chi connectivity index (χ2n) is 6.01. The molecule has 0 bridgehead atoms. The maximum atomic E-state index is 12.4. The van der Waals surface area contributed by atoms with Crippen molar-refractivity contribution >= 4 is 17.4 Å². The molecule has 1 aromatic carbocycles. The van der Waals surface area contributed by atoms with Crippen LogP contribution in [0.25, 0.3) is 0 Å². The van der Waals surface area contributed by atoms with E-state index in [2.05, 4.69) is 39.1 Å². The van der Waals surface area contributed by atoms with Gasteiger partial charge in [0.1, 0.15) is 11.5 Å². The van der Waals surface area contributed by atoms with Gasteiger partial charge in [-0.1, -0.05) is 25.1 Å². The molecule has 126 valence electrons. The molecule has 1 aliphatic heterocycles. The van der Waals surface area contributed by atoms with Crippen LogP contribution in [0.4, 0.5) is 11.5 Å². The Morgan fingerprint density at radius 1 is 1.12 bits per heavy atom. The minimum atomic E-state index is -0.228. The molecule has 1 N–H and O–H groups in total. The molecule has 3 rings (SSSR count). The maximum absolute atomic E-state index is 12.4. The lowest BCUT2D eigenvalue weighted by Gasteiger charge is -2.32. The van der Waals surface area contributed by atoms with Gasteiger partial charge in [-0.2, -0.15) is 0 Å². The molecule has 1 saturated heterocycles. The number of benzene rings is 1. The van der Waals surface area contributed by atoms with Crippen molar-refractivity contribution in [3.05, 3.63) is 47.9 Å². The van der Waals surface area contributed by atoms with Crippen LogP contribution in [-0.4, -0.2) is 54.0 Å². The third kappa shape index (κ3) is 3.71. The number of likely N-dealkylation sites (N-methyl/N-ethyl adjacent to an activating group) is 1. The van der Waals surface area contributed by atoms with Crippen LogP contribution in [0, 0.1) is 0 Å². The highest BCUT2D eigenvalue weighted by Crippen LogP contribution is 2.17. The van der Waals surface area contributed by atoms with Gasteiger partial charge >= 0.3 is 0 Å².